The van der Waals surface area contributed by atoms with E-state index < -0.39 is 0 Å². The molecule has 13 heavy (non-hydrogen) atoms. The molecule has 0 aromatic carbocycles. The Hall–Kier alpha value is -0.380. The maximum absolute atomic E-state index is 4.06. The van der Waals surface area contributed by atoms with E-state index in [2.05, 4.69) is 39.9 Å². The van der Waals surface area contributed by atoms with Gasteiger partial charge in [-0.1, -0.05) is 29.8 Å². The fourth-order valence-corrected chi connectivity index (χ4v) is 1.41. The summed E-state index contributed by atoms with van der Waals surface area (Å²) in [4.78, 5) is 3.90. The molecular formula is C9H16BrN3. The Kier molecular flexibility index (Phi) is 3.90. The van der Waals surface area contributed by atoms with Crippen LogP contribution in [0.2, 0.25) is 0 Å². The monoisotopic (exact) mass is 245 g/mol. The lowest BCUT2D eigenvalue weighted by Gasteiger charge is -2.20. The summed E-state index contributed by atoms with van der Waals surface area (Å²) in [6.07, 6.45) is 5.71. The Bertz CT molecular complexity index is 231. The Morgan fingerprint density at radius 1 is 1.46 bits per heavy atom. The lowest BCUT2D eigenvalue weighted by atomic mass is 9.90. The molecule has 0 spiro atoms. The van der Waals surface area contributed by atoms with E-state index in [1.807, 2.05) is 4.68 Å². The Morgan fingerprint density at radius 3 is 2.77 bits per heavy atom. The lowest BCUT2D eigenvalue weighted by Crippen LogP contribution is -2.14. The summed E-state index contributed by atoms with van der Waals surface area (Å²) >= 11 is 3.52. The van der Waals surface area contributed by atoms with Crippen LogP contribution in [-0.4, -0.2) is 20.1 Å². The number of alkyl halides is 1. The molecule has 0 saturated carbocycles. The molecule has 0 unspecified atom stereocenters. The molecule has 1 heterocycles. The van der Waals surface area contributed by atoms with Crippen molar-refractivity contribution >= 4 is 15.9 Å². The molecular weight excluding hydrogens is 230 g/mol. The van der Waals surface area contributed by atoms with Crippen LogP contribution in [0, 0.1) is 5.41 Å². The van der Waals surface area contributed by atoms with Crippen molar-refractivity contribution in [2.24, 2.45) is 5.41 Å². The van der Waals surface area contributed by atoms with Crippen LogP contribution in [0.25, 0.3) is 0 Å². The molecule has 1 aromatic heterocycles. The Balaban J connectivity index is 2.21. The number of hydrogen-bond donors (Lipinski definition) is 0. The first-order valence-corrected chi connectivity index (χ1v) is 5.64. The molecule has 74 valence electrons. The van der Waals surface area contributed by atoms with Gasteiger partial charge in [-0.25, -0.2) is 4.98 Å². The van der Waals surface area contributed by atoms with E-state index in [1.54, 1.807) is 12.7 Å². The fourth-order valence-electron chi connectivity index (χ4n) is 1.13. The maximum Gasteiger partial charge on any atom is 0.137 e. The van der Waals surface area contributed by atoms with Gasteiger partial charge in [0.2, 0.25) is 0 Å². The maximum atomic E-state index is 4.06. The fraction of sp³-hybridized carbons (Fsp3) is 0.778. The second kappa shape index (κ2) is 4.74. The predicted octanol–water partition coefficient (Wildman–Crippen LogP) is 2.48. The van der Waals surface area contributed by atoms with E-state index in [-0.39, 0.29) is 0 Å². The molecule has 0 amide bonds. The van der Waals surface area contributed by atoms with E-state index in [0.29, 0.717) is 5.41 Å². The van der Waals surface area contributed by atoms with Crippen LogP contribution >= 0.6 is 15.9 Å². The van der Waals surface area contributed by atoms with Gasteiger partial charge in [0.15, 0.2) is 0 Å². The van der Waals surface area contributed by atoms with Crippen molar-refractivity contribution in [3.63, 3.8) is 0 Å². The second-order valence-corrected chi connectivity index (χ2v) is 4.62. The zero-order chi connectivity index (χ0) is 9.73. The predicted molar refractivity (Wildman–Crippen MR) is 56.8 cm³/mol. The van der Waals surface area contributed by atoms with E-state index in [9.17, 15) is 0 Å². The second-order valence-electron chi connectivity index (χ2n) is 4.06. The first-order valence-electron chi connectivity index (χ1n) is 4.52. The molecule has 4 heteroatoms. The van der Waals surface area contributed by atoms with Crippen molar-refractivity contribution < 1.29 is 0 Å². The molecule has 0 bridgehead atoms. The van der Waals surface area contributed by atoms with E-state index in [4.69, 9.17) is 0 Å². The van der Waals surface area contributed by atoms with Crippen LogP contribution in [0.4, 0.5) is 0 Å². The third-order valence-corrected chi connectivity index (χ3v) is 3.59. The van der Waals surface area contributed by atoms with Crippen molar-refractivity contribution in [2.75, 3.05) is 5.33 Å². The van der Waals surface area contributed by atoms with Crippen LogP contribution in [-0.2, 0) is 6.54 Å². The molecule has 0 saturated heterocycles. The zero-order valence-corrected chi connectivity index (χ0v) is 9.79. The van der Waals surface area contributed by atoms with Crippen molar-refractivity contribution in [3.05, 3.63) is 12.7 Å². The lowest BCUT2D eigenvalue weighted by molar-refractivity contribution is 0.359. The van der Waals surface area contributed by atoms with Crippen molar-refractivity contribution in [3.8, 4) is 0 Å². The highest BCUT2D eigenvalue weighted by molar-refractivity contribution is 9.09. The summed E-state index contributed by atoms with van der Waals surface area (Å²) in [5.41, 5.74) is 0.389. The van der Waals surface area contributed by atoms with Gasteiger partial charge in [-0.2, -0.15) is 5.10 Å². The highest BCUT2D eigenvalue weighted by Crippen LogP contribution is 2.24. The van der Waals surface area contributed by atoms with Crippen molar-refractivity contribution in [1.29, 1.82) is 0 Å². The summed E-state index contributed by atoms with van der Waals surface area (Å²) in [6.45, 7) is 5.50. The summed E-state index contributed by atoms with van der Waals surface area (Å²) in [5, 5.41) is 5.11. The SMILES string of the molecule is CC(C)(CBr)CCCn1cncn1. The smallest absolute Gasteiger partial charge is 0.137 e. The Labute approximate surface area is 87.7 Å². The van der Waals surface area contributed by atoms with Gasteiger partial charge in [0.25, 0.3) is 0 Å². The summed E-state index contributed by atoms with van der Waals surface area (Å²) in [5.74, 6) is 0. The highest BCUT2D eigenvalue weighted by Gasteiger charge is 2.14. The number of aryl methyl sites for hydroxylation is 1. The summed E-state index contributed by atoms with van der Waals surface area (Å²) in [7, 11) is 0. The summed E-state index contributed by atoms with van der Waals surface area (Å²) < 4.78 is 1.88. The minimum Gasteiger partial charge on any atom is -0.253 e. The average molecular weight is 246 g/mol. The van der Waals surface area contributed by atoms with Crippen LogP contribution in [0.3, 0.4) is 0 Å². The van der Waals surface area contributed by atoms with Crippen LogP contribution in [0.15, 0.2) is 12.7 Å². The molecule has 1 rings (SSSR count). The standard InChI is InChI=1S/C9H16BrN3/c1-9(2,6-10)4-3-5-13-8-11-7-12-13/h7-8H,3-6H2,1-2H3. The molecule has 0 atom stereocenters. The first kappa shape index (κ1) is 10.7. The van der Waals surface area contributed by atoms with Gasteiger partial charge in [0.1, 0.15) is 12.7 Å². The minimum absolute atomic E-state index is 0.389. The molecule has 1 aromatic rings. The van der Waals surface area contributed by atoms with Crippen LogP contribution < -0.4 is 0 Å². The van der Waals surface area contributed by atoms with Gasteiger partial charge in [0.05, 0.1) is 0 Å². The number of halogens is 1. The molecule has 0 N–H and O–H groups in total. The van der Waals surface area contributed by atoms with Gasteiger partial charge in [-0.15, -0.1) is 0 Å². The molecule has 0 aliphatic heterocycles. The van der Waals surface area contributed by atoms with Gasteiger partial charge >= 0.3 is 0 Å². The third-order valence-electron chi connectivity index (χ3n) is 2.07. The molecule has 3 nitrogen and oxygen atoms in total. The molecule has 0 fully saturated rings. The van der Waals surface area contributed by atoms with Crippen molar-refractivity contribution in [1.82, 2.24) is 14.8 Å². The largest absolute Gasteiger partial charge is 0.253 e. The minimum atomic E-state index is 0.389. The quantitative estimate of drug-likeness (QED) is 0.747. The van der Waals surface area contributed by atoms with E-state index in [1.165, 1.54) is 6.42 Å². The van der Waals surface area contributed by atoms with E-state index >= 15 is 0 Å². The third kappa shape index (κ3) is 3.89. The topological polar surface area (TPSA) is 30.7 Å². The van der Waals surface area contributed by atoms with Gasteiger partial charge in [0, 0.05) is 11.9 Å². The van der Waals surface area contributed by atoms with Crippen LogP contribution in [0.5, 0.6) is 0 Å². The van der Waals surface area contributed by atoms with Crippen LogP contribution in [0.1, 0.15) is 26.7 Å². The van der Waals surface area contributed by atoms with Gasteiger partial charge < -0.3 is 0 Å². The van der Waals surface area contributed by atoms with Gasteiger partial charge in [-0.05, 0) is 18.3 Å². The highest BCUT2D eigenvalue weighted by atomic mass is 79.9. The average Bonchev–Trinajstić information content (AvgIpc) is 2.57. The molecule has 0 aliphatic carbocycles. The van der Waals surface area contributed by atoms with E-state index in [0.717, 1.165) is 18.3 Å². The van der Waals surface area contributed by atoms with Crippen molar-refractivity contribution in [2.45, 2.75) is 33.2 Å². The number of hydrogen-bond acceptors (Lipinski definition) is 2. The summed E-state index contributed by atoms with van der Waals surface area (Å²) in [6, 6.07) is 0. The Morgan fingerprint density at radius 2 is 2.23 bits per heavy atom. The number of aromatic nitrogens is 3. The zero-order valence-electron chi connectivity index (χ0n) is 8.20. The van der Waals surface area contributed by atoms with Gasteiger partial charge in [-0.3, -0.25) is 4.68 Å². The number of nitrogens with zero attached hydrogens (tertiary/aromatic N) is 3. The first-order chi connectivity index (χ1) is 6.14. The number of rotatable bonds is 5. The normalized spacial score (nSPS) is 11.9. The molecule has 0 radical (unpaired) electrons. The molecule has 0 aliphatic rings.